The number of ether oxygens (including phenoxy) is 1. The molecule has 4 aliphatic rings. The van der Waals surface area contributed by atoms with Crippen LogP contribution in [-0.2, 0) is 26.2 Å². The molecule has 5 nitrogen and oxygen atoms in total. The predicted octanol–water partition coefficient (Wildman–Crippen LogP) is 5.97. The van der Waals surface area contributed by atoms with Crippen molar-refractivity contribution in [2.75, 3.05) is 0 Å². The second kappa shape index (κ2) is 8.03. The van der Waals surface area contributed by atoms with Gasteiger partial charge in [-0.1, -0.05) is 18.6 Å². The summed E-state index contributed by atoms with van der Waals surface area (Å²) >= 11 is 0. The van der Waals surface area contributed by atoms with Crippen LogP contribution in [0.1, 0.15) is 77.2 Å². The number of nitrogens with zero attached hydrogens (tertiary/aromatic N) is 1. The third kappa shape index (κ3) is 3.17. The first-order valence-corrected chi connectivity index (χ1v) is 13.4. The molecule has 2 aromatic rings. The smallest absolute Gasteiger partial charge is 0.303 e. The Hall–Kier alpha value is -2.95. The van der Waals surface area contributed by atoms with Gasteiger partial charge in [0.05, 0.1) is 0 Å². The maximum absolute atomic E-state index is 13.3. The Morgan fingerprint density at radius 2 is 1.89 bits per heavy atom. The lowest BCUT2D eigenvalue weighted by Crippen LogP contribution is -2.57. The zero-order valence-corrected chi connectivity index (χ0v) is 21.7. The molecule has 5 atom stereocenters. The fourth-order valence-electron chi connectivity index (χ4n) is 8.53. The van der Waals surface area contributed by atoms with E-state index in [4.69, 9.17) is 4.74 Å². The molecule has 1 aromatic heterocycles. The number of aromatic nitrogens is 1. The van der Waals surface area contributed by atoms with Crippen molar-refractivity contribution in [3.05, 3.63) is 58.8 Å². The Morgan fingerprint density at radius 1 is 1.08 bits per heavy atom. The van der Waals surface area contributed by atoms with Gasteiger partial charge in [0.1, 0.15) is 0 Å². The first kappa shape index (κ1) is 23.4. The van der Waals surface area contributed by atoms with Gasteiger partial charge >= 0.3 is 5.97 Å². The lowest BCUT2D eigenvalue weighted by atomic mass is 9.50. The Kier molecular flexibility index (Phi) is 5.23. The SMILES string of the molecule is CC(=O)O[C@]1(C(C)=O)CC[C@H]2[C@@H]3CCC4=CC(=O)CCC4=C3[C@@H](c3ccc4c(ccn4C)c3)C[C@@]21C. The first-order valence-electron chi connectivity index (χ1n) is 13.4. The highest BCUT2D eigenvalue weighted by Gasteiger charge is 2.67. The van der Waals surface area contributed by atoms with Crippen molar-refractivity contribution in [2.24, 2.45) is 24.3 Å². The average molecular weight is 486 g/mol. The number of carbonyl (C=O) groups is 3. The van der Waals surface area contributed by atoms with Gasteiger partial charge in [-0.05, 0) is 104 Å². The number of hydrogen-bond acceptors (Lipinski definition) is 4. The molecule has 0 amide bonds. The summed E-state index contributed by atoms with van der Waals surface area (Å²) < 4.78 is 8.16. The number of rotatable bonds is 3. The molecule has 1 heterocycles. The molecule has 0 radical (unpaired) electrons. The molecule has 0 aliphatic heterocycles. The number of carbonyl (C=O) groups excluding carboxylic acids is 3. The van der Waals surface area contributed by atoms with Crippen molar-refractivity contribution in [3.63, 3.8) is 0 Å². The summed E-state index contributed by atoms with van der Waals surface area (Å²) in [5.41, 5.74) is 5.03. The number of fused-ring (bicyclic) bond motifs is 5. The third-order valence-corrected chi connectivity index (χ3v) is 10.1. The number of aryl methyl sites for hydroxylation is 1. The number of Topliss-reactive ketones (excluding diaryl/α,β-unsaturated/α-hetero) is 1. The fraction of sp³-hybridized carbons (Fsp3) is 0.516. The summed E-state index contributed by atoms with van der Waals surface area (Å²) in [4.78, 5) is 37.9. The standard InChI is InChI=1S/C31H35NO4/c1-18(33)31(36-19(2)34)13-11-27-25-8-5-21-16-23(35)7-9-24(21)29(25)26(17-30(27,31)3)20-6-10-28-22(15-20)12-14-32(28)4/h6,10,12,14-16,25-27H,5,7-9,11,13,17H2,1-4H3/t25-,26+,27-,30-,31-/m0/s1. The van der Waals surface area contributed by atoms with Crippen molar-refractivity contribution in [1.29, 1.82) is 0 Å². The molecular formula is C31H35NO4. The molecule has 188 valence electrons. The largest absolute Gasteiger partial charge is 0.451 e. The van der Waals surface area contributed by atoms with E-state index in [9.17, 15) is 14.4 Å². The maximum Gasteiger partial charge on any atom is 0.303 e. The van der Waals surface area contributed by atoms with Gasteiger partial charge in [-0.15, -0.1) is 0 Å². The van der Waals surface area contributed by atoms with Gasteiger partial charge in [-0.2, -0.15) is 0 Å². The van der Waals surface area contributed by atoms with Crippen LogP contribution in [0.25, 0.3) is 10.9 Å². The summed E-state index contributed by atoms with van der Waals surface area (Å²) in [5, 5.41) is 1.21. The van der Waals surface area contributed by atoms with Crippen LogP contribution in [0, 0.1) is 17.3 Å². The summed E-state index contributed by atoms with van der Waals surface area (Å²) in [5.74, 6) is 0.563. The van der Waals surface area contributed by atoms with Crippen LogP contribution in [0.2, 0.25) is 0 Å². The number of hydrogen-bond donors (Lipinski definition) is 0. The van der Waals surface area contributed by atoms with E-state index in [-0.39, 0.29) is 29.4 Å². The molecule has 0 bridgehead atoms. The molecule has 2 fully saturated rings. The van der Waals surface area contributed by atoms with E-state index in [2.05, 4.69) is 49.0 Å². The molecular weight excluding hydrogens is 450 g/mol. The van der Waals surface area contributed by atoms with Gasteiger partial charge in [0.25, 0.3) is 0 Å². The zero-order valence-electron chi connectivity index (χ0n) is 21.7. The van der Waals surface area contributed by atoms with Crippen LogP contribution in [0.3, 0.4) is 0 Å². The minimum absolute atomic E-state index is 0.0317. The van der Waals surface area contributed by atoms with Crippen molar-refractivity contribution in [1.82, 2.24) is 4.57 Å². The quantitative estimate of drug-likeness (QED) is 0.503. The molecule has 0 N–H and O–H groups in total. The van der Waals surface area contributed by atoms with E-state index < -0.39 is 11.0 Å². The Labute approximate surface area is 212 Å². The summed E-state index contributed by atoms with van der Waals surface area (Å²) in [6, 6.07) is 8.89. The predicted molar refractivity (Wildman–Crippen MR) is 138 cm³/mol. The van der Waals surface area contributed by atoms with Gasteiger partial charge in [0, 0.05) is 43.4 Å². The molecule has 36 heavy (non-hydrogen) atoms. The minimum atomic E-state index is -1.08. The zero-order chi connectivity index (χ0) is 25.4. The van der Waals surface area contributed by atoms with Crippen LogP contribution in [-0.4, -0.2) is 27.7 Å². The second-order valence-corrected chi connectivity index (χ2v) is 11.8. The molecule has 1 aromatic carbocycles. The van der Waals surface area contributed by atoms with Gasteiger partial charge < -0.3 is 9.30 Å². The Balaban J connectivity index is 1.56. The molecule has 0 saturated heterocycles. The Morgan fingerprint density at radius 3 is 2.64 bits per heavy atom. The van der Waals surface area contributed by atoms with E-state index in [1.165, 1.54) is 40.1 Å². The lowest BCUT2D eigenvalue weighted by Gasteiger charge is -2.55. The van der Waals surface area contributed by atoms with Gasteiger partial charge in [-0.3, -0.25) is 14.4 Å². The highest BCUT2D eigenvalue weighted by Crippen LogP contribution is 2.67. The third-order valence-electron chi connectivity index (χ3n) is 10.1. The highest BCUT2D eigenvalue weighted by molar-refractivity contribution is 5.93. The number of allylic oxidation sites excluding steroid dienone is 4. The second-order valence-electron chi connectivity index (χ2n) is 11.8. The van der Waals surface area contributed by atoms with Crippen LogP contribution in [0.15, 0.2) is 53.3 Å². The van der Waals surface area contributed by atoms with Gasteiger partial charge in [-0.25, -0.2) is 0 Å². The molecule has 4 aliphatic carbocycles. The molecule has 2 saturated carbocycles. The van der Waals surface area contributed by atoms with Crippen LogP contribution in [0.4, 0.5) is 0 Å². The van der Waals surface area contributed by atoms with Crippen LogP contribution >= 0.6 is 0 Å². The minimum Gasteiger partial charge on any atom is -0.451 e. The summed E-state index contributed by atoms with van der Waals surface area (Å²) in [7, 11) is 2.06. The Bertz CT molecular complexity index is 1380. The topological polar surface area (TPSA) is 65.4 Å². The van der Waals surface area contributed by atoms with Crippen LogP contribution < -0.4 is 0 Å². The molecule has 5 heteroatoms. The molecule has 0 unspecified atom stereocenters. The van der Waals surface area contributed by atoms with E-state index in [0.29, 0.717) is 18.8 Å². The van der Waals surface area contributed by atoms with E-state index in [1.54, 1.807) is 6.92 Å². The lowest BCUT2D eigenvalue weighted by molar-refractivity contribution is -0.182. The van der Waals surface area contributed by atoms with Crippen molar-refractivity contribution in [2.45, 2.75) is 77.2 Å². The normalized spacial score (nSPS) is 33.6. The number of esters is 1. The van der Waals surface area contributed by atoms with Gasteiger partial charge in [0.15, 0.2) is 17.2 Å². The van der Waals surface area contributed by atoms with E-state index in [0.717, 1.165) is 32.1 Å². The fourth-order valence-corrected chi connectivity index (χ4v) is 8.53. The molecule has 6 rings (SSSR count). The van der Waals surface area contributed by atoms with Crippen molar-refractivity contribution >= 4 is 28.4 Å². The maximum atomic E-state index is 13.3. The number of ketones is 2. The summed E-state index contributed by atoms with van der Waals surface area (Å²) in [6.07, 6.45) is 9.49. The van der Waals surface area contributed by atoms with E-state index in [1.807, 2.05) is 6.08 Å². The highest BCUT2D eigenvalue weighted by atomic mass is 16.6. The van der Waals surface area contributed by atoms with Crippen LogP contribution in [0.5, 0.6) is 0 Å². The van der Waals surface area contributed by atoms with Gasteiger partial charge in [0.2, 0.25) is 0 Å². The first-order chi connectivity index (χ1) is 17.1. The average Bonchev–Trinajstić information content (AvgIpc) is 3.35. The monoisotopic (exact) mass is 485 g/mol. The molecule has 0 spiro atoms. The number of benzene rings is 1. The summed E-state index contributed by atoms with van der Waals surface area (Å²) in [6.45, 7) is 5.24. The van der Waals surface area contributed by atoms with E-state index >= 15 is 0 Å². The van der Waals surface area contributed by atoms with Crippen molar-refractivity contribution < 1.29 is 19.1 Å². The van der Waals surface area contributed by atoms with Crippen molar-refractivity contribution in [3.8, 4) is 0 Å².